The molecule has 0 spiro atoms. The van der Waals surface area contributed by atoms with Gasteiger partial charge >= 0.3 is 0 Å². The minimum atomic E-state index is -0.374. The Balaban J connectivity index is 1.20. The van der Waals surface area contributed by atoms with E-state index in [0.29, 0.717) is 17.0 Å². The van der Waals surface area contributed by atoms with Crippen LogP contribution in [-0.4, -0.2) is 55.8 Å². The average Bonchev–Trinajstić information content (AvgIpc) is 2.90. The highest BCUT2D eigenvalue weighted by molar-refractivity contribution is 5.95. The molecule has 3 aromatic carbocycles. The lowest BCUT2D eigenvalue weighted by Crippen LogP contribution is -2.35. The number of ether oxygens (including phenoxy) is 2. The lowest BCUT2D eigenvalue weighted by molar-refractivity contribution is -0.118. The van der Waals surface area contributed by atoms with Crippen molar-refractivity contribution in [3.05, 3.63) is 95.3 Å². The summed E-state index contributed by atoms with van der Waals surface area (Å²) >= 11 is 0. The number of carbonyl (C=O) groups is 2. The molecule has 1 aliphatic rings. The Labute approximate surface area is 208 Å². The lowest BCUT2D eigenvalue weighted by atomic mass is 10.1. The van der Waals surface area contributed by atoms with E-state index in [9.17, 15) is 14.0 Å². The third-order valence-corrected chi connectivity index (χ3v) is 5.48. The molecule has 0 aromatic heterocycles. The second kappa shape index (κ2) is 12.6. The molecule has 4 rings (SSSR count). The number of anilines is 1. The first-order valence-electron chi connectivity index (χ1n) is 11.6. The number of carbonyl (C=O) groups excluding carboxylic acids is 2. The van der Waals surface area contributed by atoms with Gasteiger partial charge in [0.25, 0.3) is 11.8 Å². The standard InChI is InChI=1S/C27H27FN4O4/c28-23-7-9-24(10-8-23)30-26(33)19-36-25-11-3-20(4-12-25)17-29-31-27(34)22-5-1-21(2-6-22)18-32-13-15-35-16-14-32/h1-12,17H,13-16,18-19H2,(H,30,33)(H,31,34)/b29-17-. The fourth-order valence-corrected chi connectivity index (χ4v) is 3.54. The number of amides is 2. The fourth-order valence-electron chi connectivity index (χ4n) is 3.54. The van der Waals surface area contributed by atoms with Gasteiger partial charge in [-0.1, -0.05) is 12.1 Å². The van der Waals surface area contributed by atoms with Crippen molar-refractivity contribution >= 4 is 23.7 Å². The van der Waals surface area contributed by atoms with Gasteiger partial charge in [-0.15, -0.1) is 0 Å². The van der Waals surface area contributed by atoms with E-state index in [1.165, 1.54) is 30.5 Å². The molecule has 0 atom stereocenters. The van der Waals surface area contributed by atoms with Crippen LogP contribution in [0.25, 0.3) is 0 Å². The van der Waals surface area contributed by atoms with Crippen molar-refractivity contribution in [2.24, 2.45) is 5.10 Å². The van der Waals surface area contributed by atoms with Gasteiger partial charge in [0, 0.05) is 30.9 Å². The van der Waals surface area contributed by atoms with Gasteiger partial charge in [-0.25, -0.2) is 9.82 Å². The van der Waals surface area contributed by atoms with Gasteiger partial charge in [-0.05, 0) is 71.8 Å². The lowest BCUT2D eigenvalue weighted by Gasteiger charge is -2.26. The SMILES string of the molecule is O=C(COc1ccc(/C=N\NC(=O)c2ccc(CN3CCOCC3)cc2)cc1)Nc1ccc(F)cc1. The minimum absolute atomic E-state index is 0.188. The summed E-state index contributed by atoms with van der Waals surface area (Å²) in [7, 11) is 0. The van der Waals surface area contributed by atoms with Crippen LogP contribution in [0, 0.1) is 5.82 Å². The molecule has 1 saturated heterocycles. The zero-order chi connectivity index (χ0) is 25.2. The molecule has 2 N–H and O–H groups in total. The van der Waals surface area contributed by atoms with Crippen molar-refractivity contribution in [1.29, 1.82) is 0 Å². The predicted molar refractivity (Wildman–Crippen MR) is 135 cm³/mol. The second-order valence-electron chi connectivity index (χ2n) is 8.20. The number of morpholine rings is 1. The Morgan fingerprint density at radius 1 is 0.972 bits per heavy atom. The van der Waals surface area contributed by atoms with Gasteiger partial charge in [0.2, 0.25) is 0 Å². The first-order chi connectivity index (χ1) is 17.5. The van der Waals surface area contributed by atoms with Crippen molar-refractivity contribution in [2.45, 2.75) is 6.54 Å². The van der Waals surface area contributed by atoms with Crippen LogP contribution in [0.15, 0.2) is 77.9 Å². The molecule has 1 aliphatic heterocycles. The summed E-state index contributed by atoms with van der Waals surface area (Å²) in [5.74, 6) is -0.524. The molecule has 1 heterocycles. The normalized spacial score (nSPS) is 13.9. The number of hydrazone groups is 1. The molecule has 36 heavy (non-hydrogen) atoms. The van der Waals surface area contributed by atoms with Gasteiger partial charge < -0.3 is 14.8 Å². The molecule has 9 heteroatoms. The number of rotatable bonds is 9. The maximum absolute atomic E-state index is 12.9. The van der Waals surface area contributed by atoms with Crippen LogP contribution < -0.4 is 15.5 Å². The van der Waals surface area contributed by atoms with Gasteiger partial charge in [0.15, 0.2) is 6.61 Å². The smallest absolute Gasteiger partial charge is 0.271 e. The van der Waals surface area contributed by atoms with E-state index in [4.69, 9.17) is 9.47 Å². The quantitative estimate of drug-likeness (QED) is 0.354. The van der Waals surface area contributed by atoms with E-state index in [1.54, 1.807) is 36.4 Å². The topological polar surface area (TPSA) is 92.3 Å². The molecule has 0 unspecified atom stereocenters. The molecule has 0 bridgehead atoms. The van der Waals surface area contributed by atoms with E-state index < -0.39 is 0 Å². The molecule has 0 aliphatic carbocycles. The van der Waals surface area contributed by atoms with E-state index >= 15 is 0 Å². The number of benzene rings is 3. The van der Waals surface area contributed by atoms with Crippen molar-refractivity contribution in [3.63, 3.8) is 0 Å². The molecule has 3 aromatic rings. The van der Waals surface area contributed by atoms with Crippen LogP contribution in [0.1, 0.15) is 21.5 Å². The number of hydrogen-bond donors (Lipinski definition) is 2. The van der Waals surface area contributed by atoms with Gasteiger partial charge in [-0.3, -0.25) is 14.5 Å². The Hall–Kier alpha value is -4.08. The Morgan fingerprint density at radius 3 is 2.36 bits per heavy atom. The van der Waals surface area contributed by atoms with Gasteiger partial charge in [0.05, 0.1) is 19.4 Å². The van der Waals surface area contributed by atoms with Crippen LogP contribution >= 0.6 is 0 Å². The summed E-state index contributed by atoms with van der Waals surface area (Å²) in [4.78, 5) is 26.7. The third kappa shape index (κ3) is 7.72. The summed E-state index contributed by atoms with van der Waals surface area (Å²) < 4.78 is 23.8. The largest absolute Gasteiger partial charge is 0.484 e. The van der Waals surface area contributed by atoms with Crippen molar-refractivity contribution in [2.75, 3.05) is 38.2 Å². The summed E-state index contributed by atoms with van der Waals surface area (Å²) in [5.41, 5.74) is 5.44. The number of halogens is 1. The zero-order valence-electron chi connectivity index (χ0n) is 19.7. The molecular formula is C27H27FN4O4. The zero-order valence-corrected chi connectivity index (χ0v) is 19.7. The fraction of sp³-hybridized carbons (Fsp3) is 0.222. The van der Waals surface area contributed by atoms with E-state index in [-0.39, 0.29) is 24.2 Å². The maximum atomic E-state index is 12.9. The monoisotopic (exact) mass is 490 g/mol. The molecule has 2 amide bonds. The van der Waals surface area contributed by atoms with Crippen molar-refractivity contribution in [1.82, 2.24) is 10.3 Å². The summed E-state index contributed by atoms with van der Waals surface area (Å²) in [6.07, 6.45) is 1.52. The summed E-state index contributed by atoms with van der Waals surface area (Å²) in [6, 6.07) is 19.9. The highest BCUT2D eigenvalue weighted by atomic mass is 19.1. The predicted octanol–water partition coefficient (Wildman–Crippen LogP) is 3.44. The first kappa shape index (κ1) is 25.0. The highest BCUT2D eigenvalue weighted by Gasteiger charge is 2.11. The number of hydrogen-bond acceptors (Lipinski definition) is 6. The van der Waals surface area contributed by atoms with E-state index in [1.807, 2.05) is 12.1 Å². The molecule has 0 saturated carbocycles. The molecular weight excluding hydrogens is 463 g/mol. The Kier molecular flexibility index (Phi) is 8.74. The van der Waals surface area contributed by atoms with E-state index in [2.05, 4.69) is 20.7 Å². The van der Waals surface area contributed by atoms with Crippen molar-refractivity contribution in [3.8, 4) is 5.75 Å². The molecule has 8 nitrogen and oxygen atoms in total. The van der Waals surface area contributed by atoms with Crippen molar-refractivity contribution < 1.29 is 23.5 Å². The highest BCUT2D eigenvalue weighted by Crippen LogP contribution is 2.13. The minimum Gasteiger partial charge on any atom is -0.484 e. The van der Waals surface area contributed by atoms with Crippen LogP contribution in [-0.2, 0) is 16.1 Å². The molecule has 0 radical (unpaired) electrons. The molecule has 1 fully saturated rings. The van der Waals surface area contributed by atoms with Gasteiger partial charge in [-0.2, -0.15) is 5.10 Å². The summed E-state index contributed by atoms with van der Waals surface area (Å²) in [6.45, 7) is 3.98. The maximum Gasteiger partial charge on any atom is 0.271 e. The van der Waals surface area contributed by atoms with Gasteiger partial charge in [0.1, 0.15) is 11.6 Å². The second-order valence-corrected chi connectivity index (χ2v) is 8.20. The van der Waals surface area contributed by atoms with Crippen LogP contribution in [0.5, 0.6) is 5.75 Å². The number of nitrogens with zero attached hydrogens (tertiary/aromatic N) is 2. The van der Waals surface area contributed by atoms with E-state index in [0.717, 1.165) is 44.0 Å². The summed E-state index contributed by atoms with van der Waals surface area (Å²) in [5, 5.41) is 6.64. The Bertz CT molecular complexity index is 1180. The average molecular weight is 491 g/mol. The van der Waals surface area contributed by atoms with Crippen LogP contribution in [0.2, 0.25) is 0 Å². The van der Waals surface area contributed by atoms with Crippen LogP contribution in [0.3, 0.4) is 0 Å². The number of nitrogens with one attached hydrogen (secondary N) is 2. The third-order valence-electron chi connectivity index (χ3n) is 5.48. The van der Waals surface area contributed by atoms with Crippen LogP contribution in [0.4, 0.5) is 10.1 Å². The Morgan fingerprint density at radius 2 is 1.67 bits per heavy atom. The molecule has 186 valence electrons. The first-order valence-corrected chi connectivity index (χ1v) is 11.6.